The molecule has 4 nitrogen and oxygen atoms in total. The van der Waals surface area contributed by atoms with E-state index in [1.165, 1.54) is 20.8 Å². The molecule has 0 unspecified atom stereocenters. The van der Waals surface area contributed by atoms with Gasteiger partial charge in [-0.25, -0.2) is 0 Å². The number of carbonyl (C=O) groups excluding carboxylic acids is 1. The van der Waals surface area contributed by atoms with E-state index in [-0.39, 0.29) is 18.3 Å². The van der Waals surface area contributed by atoms with Crippen LogP contribution in [0.15, 0.2) is 24.3 Å². The monoisotopic (exact) mass is 333 g/mol. The van der Waals surface area contributed by atoms with Gasteiger partial charge in [-0.2, -0.15) is 0 Å². The van der Waals surface area contributed by atoms with Gasteiger partial charge in [0.25, 0.3) is 0 Å². The van der Waals surface area contributed by atoms with Crippen molar-refractivity contribution in [3.63, 3.8) is 0 Å². The molecule has 7 heteroatoms. The van der Waals surface area contributed by atoms with Crippen LogP contribution in [0.3, 0.4) is 0 Å². The summed E-state index contributed by atoms with van der Waals surface area (Å²) < 4.78 is 13.9. The van der Waals surface area contributed by atoms with Crippen molar-refractivity contribution in [3.05, 3.63) is 24.3 Å². The number of Topliss-reactive ketones (excluding diaryl/α,β-unsaturated/α-hetero) is 1. The Kier molecular flexibility index (Phi) is 9.00. The van der Waals surface area contributed by atoms with Gasteiger partial charge in [0.15, 0.2) is 5.78 Å². The van der Waals surface area contributed by atoms with Gasteiger partial charge in [0.2, 0.25) is 0 Å². The molecule has 0 amide bonds. The van der Waals surface area contributed by atoms with Crippen LogP contribution in [0.25, 0.3) is 0 Å². The van der Waals surface area contributed by atoms with E-state index in [9.17, 15) is 4.79 Å². The lowest BCUT2D eigenvalue weighted by Gasteiger charge is -2.09. The standard InChI is InChI=1S/C13H19NO3S3/c1-10(2)13(15)9-16-6-7-17-12-5-3-4-11(8-12)14-19-20-18/h3-5,8,10,14,18H,6-7,9H2,1-2H3. The molecule has 0 heterocycles. The first-order chi connectivity index (χ1) is 9.63. The fourth-order valence-electron chi connectivity index (χ4n) is 1.27. The fourth-order valence-corrected chi connectivity index (χ4v) is 2.27. The van der Waals surface area contributed by atoms with E-state index >= 15 is 0 Å². The minimum Gasteiger partial charge on any atom is -0.491 e. The highest BCUT2D eigenvalue weighted by Crippen LogP contribution is 2.28. The molecule has 0 aliphatic heterocycles. The number of anilines is 1. The second-order valence-corrected chi connectivity index (χ2v) is 7.12. The van der Waals surface area contributed by atoms with Crippen molar-refractivity contribution < 1.29 is 14.3 Å². The quantitative estimate of drug-likeness (QED) is 0.293. The number of ketones is 1. The van der Waals surface area contributed by atoms with Gasteiger partial charge in [-0.3, -0.25) is 4.79 Å². The van der Waals surface area contributed by atoms with Crippen molar-refractivity contribution >= 4 is 43.9 Å². The predicted molar refractivity (Wildman–Crippen MR) is 90.4 cm³/mol. The van der Waals surface area contributed by atoms with Gasteiger partial charge < -0.3 is 14.2 Å². The van der Waals surface area contributed by atoms with Gasteiger partial charge in [-0.05, 0) is 22.0 Å². The molecule has 1 aromatic carbocycles. The SMILES string of the molecule is CC(C)C(=O)COCCOc1cccc(NSSS)c1. The molecule has 0 aromatic heterocycles. The van der Waals surface area contributed by atoms with Crippen molar-refractivity contribution in [2.24, 2.45) is 5.92 Å². The molecule has 0 bridgehead atoms. The van der Waals surface area contributed by atoms with Crippen molar-refractivity contribution in [1.82, 2.24) is 0 Å². The zero-order valence-corrected chi connectivity index (χ0v) is 14.0. The molecule has 1 N–H and O–H groups in total. The number of benzene rings is 1. The van der Waals surface area contributed by atoms with Gasteiger partial charge in [-0.15, -0.1) is 0 Å². The summed E-state index contributed by atoms with van der Waals surface area (Å²) in [5.74, 6) is 0.886. The molecule has 112 valence electrons. The third-order valence-corrected chi connectivity index (χ3v) is 3.95. The largest absolute Gasteiger partial charge is 0.491 e. The third kappa shape index (κ3) is 7.33. The molecule has 1 aromatic rings. The molecule has 0 fully saturated rings. The molecule has 0 saturated heterocycles. The first kappa shape index (κ1) is 17.6. The fraction of sp³-hybridized carbons (Fsp3) is 0.462. The maximum absolute atomic E-state index is 11.3. The van der Waals surface area contributed by atoms with E-state index < -0.39 is 0 Å². The molecule has 0 aliphatic carbocycles. The van der Waals surface area contributed by atoms with E-state index in [1.807, 2.05) is 38.1 Å². The number of carbonyl (C=O) groups is 1. The number of rotatable bonds is 10. The lowest BCUT2D eigenvalue weighted by atomic mass is 10.1. The van der Waals surface area contributed by atoms with Gasteiger partial charge in [0.1, 0.15) is 19.0 Å². The highest BCUT2D eigenvalue weighted by Gasteiger charge is 2.06. The molecular formula is C13H19NO3S3. The van der Waals surface area contributed by atoms with Gasteiger partial charge in [0, 0.05) is 28.7 Å². The minimum atomic E-state index is 0.0147. The molecular weight excluding hydrogens is 314 g/mol. The third-order valence-electron chi connectivity index (χ3n) is 2.42. The Bertz CT molecular complexity index is 416. The lowest BCUT2D eigenvalue weighted by molar-refractivity contribution is -0.126. The highest BCUT2D eigenvalue weighted by atomic mass is 33.5. The molecule has 1 rings (SSSR count). The topological polar surface area (TPSA) is 47.6 Å². The smallest absolute Gasteiger partial charge is 0.160 e. The van der Waals surface area contributed by atoms with Crippen LogP contribution in [0.4, 0.5) is 5.69 Å². The Morgan fingerprint density at radius 2 is 2.20 bits per heavy atom. The van der Waals surface area contributed by atoms with Crippen LogP contribution in [-0.4, -0.2) is 25.6 Å². The van der Waals surface area contributed by atoms with Crippen molar-refractivity contribution in [2.75, 3.05) is 24.5 Å². The van der Waals surface area contributed by atoms with Crippen LogP contribution in [0.5, 0.6) is 5.75 Å². The zero-order valence-electron chi connectivity index (χ0n) is 11.5. The first-order valence-corrected chi connectivity index (χ1v) is 9.40. The highest BCUT2D eigenvalue weighted by molar-refractivity contribution is 9.05. The van der Waals surface area contributed by atoms with E-state index in [0.29, 0.717) is 13.2 Å². The van der Waals surface area contributed by atoms with Gasteiger partial charge in [-0.1, -0.05) is 31.6 Å². The summed E-state index contributed by atoms with van der Waals surface area (Å²) in [6.07, 6.45) is 0. The summed E-state index contributed by atoms with van der Waals surface area (Å²) in [6, 6.07) is 7.63. The number of hydrogen-bond donors (Lipinski definition) is 2. The maximum Gasteiger partial charge on any atom is 0.160 e. The van der Waals surface area contributed by atoms with Crippen LogP contribution in [0, 0.1) is 5.92 Å². The maximum atomic E-state index is 11.3. The zero-order chi connectivity index (χ0) is 14.8. The second kappa shape index (κ2) is 10.3. The Balaban J connectivity index is 2.23. The molecule has 20 heavy (non-hydrogen) atoms. The summed E-state index contributed by atoms with van der Waals surface area (Å²) in [5.41, 5.74) is 0.949. The van der Waals surface area contributed by atoms with Crippen LogP contribution in [-0.2, 0) is 9.53 Å². The average molecular weight is 334 g/mol. The lowest BCUT2D eigenvalue weighted by Crippen LogP contribution is -2.17. The van der Waals surface area contributed by atoms with Crippen molar-refractivity contribution in [3.8, 4) is 5.75 Å². The van der Waals surface area contributed by atoms with Crippen LogP contribution in [0.2, 0.25) is 0 Å². The summed E-state index contributed by atoms with van der Waals surface area (Å²) in [6.45, 7) is 4.70. The molecule has 0 spiro atoms. The number of ether oxygens (including phenoxy) is 2. The van der Waals surface area contributed by atoms with E-state index in [2.05, 4.69) is 16.4 Å². The normalized spacial score (nSPS) is 10.6. The van der Waals surface area contributed by atoms with Crippen LogP contribution < -0.4 is 9.46 Å². The molecule has 0 aliphatic rings. The molecule has 0 saturated carbocycles. The summed E-state index contributed by atoms with van der Waals surface area (Å²) >= 11 is 4.03. The Labute approximate surface area is 132 Å². The van der Waals surface area contributed by atoms with E-state index in [4.69, 9.17) is 9.47 Å². The van der Waals surface area contributed by atoms with Crippen LogP contribution >= 0.6 is 32.5 Å². The summed E-state index contributed by atoms with van der Waals surface area (Å²) in [7, 11) is 2.76. The van der Waals surface area contributed by atoms with Gasteiger partial charge >= 0.3 is 0 Å². The molecule has 0 atom stereocenters. The predicted octanol–water partition coefficient (Wildman–Crippen LogP) is 3.86. The van der Waals surface area contributed by atoms with Gasteiger partial charge in [0.05, 0.1) is 6.61 Å². The van der Waals surface area contributed by atoms with E-state index in [0.717, 1.165) is 11.4 Å². The number of nitrogens with one attached hydrogen (secondary N) is 1. The summed E-state index contributed by atoms with van der Waals surface area (Å²) in [4.78, 5) is 11.3. The Hall–Kier alpha value is -0.500. The number of hydrogen-bond acceptors (Lipinski definition) is 7. The van der Waals surface area contributed by atoms with Crippen LogP contribution in [0.1, 0.15) is 13.8 Å². The Morgan fingerprint density at radius 3 is 2.90 bits per heavy atom. The Morgan fingerprint density at radius 1 is 1.40 bits per heavy atom. The summed E-state index contributed by atoms with van der Waals surface area (Å²) in [5, 5.41) is 0. The minimum absolute atomic E-state index is 0.0147. The van der Waals surface area contributed by atoms with Crippen molar-refractivity contribution in [2.45, 2.75) is 13.8 Å². The average Bonchev–Trinajstić information content (AvgIpc) is 2.45. The number of thiol groups is 1. The second-order valence-electron chi connectivity index (χ2n) is 4.31. The molecule has 0 radical (unpaired) electrons. The van der Waals surface area contributed by atoms with Crippen molar-refractivity contribution in [1.29, 1.82) is 0 Å². The van der Waals surface area contributed by atoms with E-state index in [1.54, 1.807) is 0 Å². The first-order valence-electron chi connectivity index (χ1n) is 6.20.